The van der Waals surface area contributed by atoms with Crippen molar-refractivity contribution in [1.29, 1.82) is 5.26 Å². The summed E-state index contributed by atoms with van der Waals surface area (Å²) in [6.45, 7) is 8.78. The standard InChI is InChI=1S/C18H24ClN5O2/c1-17(2,3)26-16(25)24-9-6-18(12-24)4-7-23(8-5-18)14-10-13(11-20)21-15(19)22-14/h10H,4-9,12H2,1-3H3. The van der Waals surface area contributed by atoms with Crippen LogP contribution >= 0.6 is 11.6 Å². The maximum Gasteiger partial charge on any atom is 0.410 e. The molecule has 0 N–H and O–H groups in total. The Kier molecular flexibility index (Phi) is 4.98. The van der Waals surface area contributed by atoms with Crippen molar-refractivity contribution in [2.45, 2.75) is 45.6 Å². The van der Waals surface area contributed by atoms with Crippen molar-refractivity contribution < 1.29 is 9.53 Å². The Bertz CT molecular complexity index is 732. The third-order valence-electron chi connectivity index (χ3n) is 5.04. The highest BCUT2D eigenvalue weighted by molar-refractivity contribution is 6.28. The third kappa shape index (κ3) is 4.18. The van der Waals surface area contributed by atoms with Gasteiger partial charge in [-0.3, -0.25) is 0 Å². The van der Waals surface area contributed by atoms with Crippen LogP contribution in [-0.4, -0.2) is 52.7 Å². The molecule has 2 aliphatic rings. The van der Waals surface area contributed by atoms with E-state index in [2.05, 4.69) is 14.9 Å². The second kappa shape index (κ2) is 6.92. The van der Waals surface area contributed by atoms with Crippen LogP contribution in [0.1, 0.15) is 45.7 Å². The summed E-state index contributed by atoms with van der Waals surface area (Å²) >= 11 is 5.92. The Morgan fingerprint density at radius 1 is 1.27 bits per heavy atom. The van der Waals surface area contributed by atoms with Crippen LogP contribution in [0.15, 0.2) is 6.07 Å². The molecule has 0 aromatic carbocycles. The van der Waals surface area contributed by atoms with Crippen molar-refractivity contribution >= 4 is 23.5 Å². The van der Waals surface area contributed by atoms with Crippen molar-refractivity contribution in [3.8, 4) is 6.07 Å². The molecule has 26 heavy (non-hydrogen) atoms. The number of hydrogen-bond donors (Lipinski definition) is 0. The number of nitrogens with zero attached hydrogens (tertiary/aromatic N) is 5. The van der Waals surface area contributed by atoms with E-state index in [0.29, 0.717) is 5.82 Å². The summed E-state index contributed by atoms with van der Waals surface area (Å²) in [7, 11) is 0. The maximum atomic E-state index is 12.3. The van der Waals surface area contributed by atoms with E-state index in [-0.39, 0.29) is 22.5 Å². The number of rotatable bonds is 1. The summed E-state index contributed by atoms with van der Waals surface area (Å²) in [6, 6.07) is 3.68. The fraction of sp³-hybridized carbons (Fsp3) is 0.667. The van der Waals surface area contributed by atoms with E-state index in [1.54, 1.807) is 6.07 Å². The summed E-state index contributed by atoms with van der Waals surface area (Å²) in [5.41, 5.74) is -0.0549. The number of carbonyl (C=O) groups is 1. The molecule has 3 heterocycles. The number of likely N-dealkylation sites (tertiary alicyclic amines) is 1. The molecule has 1 aromatic heterocycles. The van der Waals surface area contributed by atoms with Crippen molar-refractivity contribution in [3.63, 3.8) is 0 Å². The van der Waals surface area contributed by atoms with Crippen LogP contribution in [0, 0.1) is 16.7 Å². The van der Waals surface area contributed by atoms with E-state index in [9.17, 15) is 4.79 Å². The first-order valence-corrected chi connectivity index (χ1v) is 9.25. The molecule has 1 aromatic rings. The molecule has 3 rings (SSSR count). The third-order valence-corrected chi connectivity index (χ3v) is 5.21. The molecule has 7 nitrogen and oxygen atoms in total. The normalized spacial score (nSPS) is 19.5. The van der Waals surface area contributed by atoms with E-state index in [0.717, 1.165) is 45.4 Å². The second-order valence-corrected chi connectivity index (χ2v) is 8.47. The maximum absolute atomic E-state index is 12.3. The van der Waals surface area contributed by atoms with Crippen LogP contribution in [0.25, 0.3) is 0 Å². The quantitative estimate of drug-likeness (QED) is 0.699. The predicted octanol–water partition coefficient (Wildman–Crippen LogP) is 3.23. The molecule has 0 aliphatic carbocycles. The van der Waals surface area contributed by atoms with Crippen molar-refractivity contribution in [3.05, 3.63) is 17.0 Å². The van der Waals surface area contributed by atoms with Gasteiger partial charge in [-0.15, -0.1) is 0 Å². The Labute approximate surface area is 158 Å². The first-order chi connectivity index (χ1) is 12.2. The van der Waals surface area contributed by atoms with E-state index in [1.807, 2.05) is 31.7 Å². The minimum absolute atomic E-state index is 0.0938. The molecule has 0 bridgehead atoms. The molecule has 2 aliphatic heterocycles. The lowest BCUT2D eigenvalue weighted by molar-refractivity contribution is 0.0266. The molecule has 8 heteroatoms. The molecule has 1 spiro atoms. The lowest BCUT2D eigenvalue weighted by atomic mass is 9.78. The minimum Gasteiger partial charge on any atom is -0.444 e. The summed E-state index contributed by atoms with van der Waals surface area (Å²) < 4.78 is 5.50. The zero-order valence-corrected chi connectivity index (χ0v) is 16.2. The van der Waals surface area contributed by atoms with Gasteiger partial charge in [0.25, 0.3) is 0 Å². The molecule has 2 fully saturated rings. The smallest absolute Gasteiger partial charge is 0.410 e. The van der Waals surface area contributed by atoms with Crippen molar-refractivity contribution in [2.24, 2.45) is 5.41 Å². The van der Waals surface area contributed by atoms with Crippen LogP contribution in [0.3, 0.4) is 0 Å². The molecule has 0 saturated carbocycles. The molecular formula is C18H24ClN5O2. The summed E-state index contributed by atoms with van der Waals surface area (Å²) in [4.78, 5) is 24.4. The average molecular weight is 378 g/mol. The van der Waals surface area contributed by atoms with Crippen LogP contribution in [0.5, 0.6) is 0 Å². The fourth-order valence-corrected chi connectivity index (χ4v) is 3.84. The van der Waals surface area contributed by atoms with Gasteiger partial charge in [0.05, 0.1) is 0 Å². The van der Waals surface area contributed by atoms with Gasteiger partial charge in [0, 0.05) is 32.2 Å². The van der Waals surface area contributed by atoms with Gasteiger partial charge in [0.2, 0.25) is 5.28 Å². The highest BCUT2D eigenvalue weighted by Crippen LogP contribution is 2.41. The number of halogens is 1. The van der Waals surface area contributed by atoms with E-state index in [4.69, 9.17) is 21.6 Å². The highest BCUT2D eigenvalue weighted by Gasteiger charge is 2.43. The van der Waals surface area contributed by atoms with E-state index in [1.165, 1.54) is 0 Å². The number of carbonyl (C=O) groups excluding carboxylic acids is 1. The van der Waals surface area contributed by atoms with Gasteiger partial charge in [-0.2, -0.15) is 5.26 Å². The molecule has 0 radical (unpaired) electrons. The SMILES string of the molecule is CC(C)(C)OC(=O)N1CCC2(CCN(c3cc(C#N)nc(Cl)n3)CC2)C1. The van der Waals surface area contributed by atoms with Crippen molar-refractivity contribution in [1.82, 2.24) is 14.9 Å². The number of hydrogen-bond acceptors (Lipinski definition) is 6. The number of aromatic nitrogens is 2. The molecular weight excluding hydrogens is 354 g/mol. The number of anilines is 1. The van der Waals surface area contributed by atoms with E-state index < -0.39 is 5.60 Å². The van der Waals surface area contributed by atoms with Crippen LogP contribution in [0.2, 0.25) is 5.28 Å². The van der Waals surface area contributed by atoms with Gasteiger partial charge in [-0.05, 0) is 57.0 Å². The topological polar surface area (TPSA) is 82.4 Å². The van der Waals surface area contributed by atoms with Gasteiger partial charge in [-0.25, -0.2) is 14.8 Å². The summed E-state index contributed by atoms with van der Waals surface area (Å²) in [6.07, 6.45) is 2.71. The van der Waals surface area contributed by atoms with Gasteiger partial charge >= 0.3 is 6.09 Å². The zero-order valence-electron chi connectivity index (χ0n) is 15.5. The highest BCUT2D eigenvalue weighted by atomic mass is 35.5. The van der Waals surface area contributed by atoms with Crippen LogP contribution in [-0.2, 0) is 4.74 Å². The molecule has 1 amide bonds. The lowest BCUT2D eigenvalue weighted by Crippen LogP contribution is -2.43. The first kappa shape index (κ1) is 18.7. The van der Waals surface area contributed by atoms with Gasteiger partial charge in [-0.1, -0.05) is 0 Å². The van der Waals surface area contributed by atoms with Gasteiger partial charge in [0.15, 0.2) is 0 Å². The second-order valence-electron chi connectivity index (χ2n) is 8.13. The Morgan fingerprint density at radius 3 is 2.54 bits per heavy atom. The lowest BCUT2D eigenvalue weighted by Gasteiger charge is -2.39. The largest absolute Gasteiger partial charge is 0.444 e. The Morgan fingerprint density at radius 2 is 1.92 bits per heavy atom. The Balaban J connectivity index is 1.61. The summed E-state index contributed by atoms with van der Waals surface area (Å²) in [5, 5.41) is 9.14. The van der Waals surface area contributed by atoms with Crippen LogP contribution < -0.4 is 4.90 Å². The van der Waals surface area contributed by atoms with Gasteiger partial charge in [0.1, 0.15) is 23.2 Å². The van der Waals surface area contributed by atoms with Gasteiger partial charge < -0.3 is 14.5 Å². The number of ether oxygens (including phenoxy) is 1. The monoisotopic (exact) mass is 377 g/mol. The average Bonchev–Trinajstić information content (AvgIpc) is 2.97. The minimum atomic E-state index is -0.471. The summed E-state index contributed by atoms with van der Waals surface area (Å²) in [5.74, 6) is 0.693. The molecule has 140 valence electrons. The zero-order chi connectivity index (χ0) is 18.9. The molecule has 0 unspecified atom stereocenters. The predicted molar refractivity (Wildman–Crippen MR) is 98.1 cm³/mol. The number of amides is 1. The fourth-order valence-electron chi connectivity index (χ4n) is 3.66. The van der Waals surface area contributed by atoms with Crippen LogP contribution in [0.4, 0.5) is 10.6 Å². The van der Waals surface area contributed by atoms with Crippen molar-refractivity contribution in [2.75, 3.05) is 31.1 Å². The molecule has 0 atom stereocenters. The first-order valence-electron chi connectivity index (χ1n) is 8.87. The van der Waals surface area contributed by atoms with E-state index >= 15 is 0 Å². The Hall–Kier alpha value is -2.07. The number of piperidine rings is 1. The molecule has 2 saturated heterocycles. The number of nitriles is 1.